The molecule has 0 N–H and O–H groups in total. The Balaban J connectivity index is 3.09. The molecule has 0 bridgehead atoms. The number of aliphatic imine (C=N–C) groups is 1. The Hall–Kier alpha value is -1.41. The van der Waals surface area contributed by atoms with E-state index in [-0.39, 0.29) is 5.97 Å². The van der Waals surface area contributed by atoms with Crippen LogP contribution in [0.4, 0.5) is 0 Å². The molecule has 0 fully saturated rings. The molecule has 0 aliphatic heterocycles. The third kappa shape index (κ3) is 16.5. The Kier molecular flexibility index (Phi) is 15.5. The first-order valence-corrected chi connectivity index (χ1v) is 8.14. The third-order valence-corrected chi connectivity index (χ3v) is 3.28. The second-order valence-corrected chi connectivity index (χ2v) is 5.18. The van der Waals surface area contributed by atoms with Crippen LogP contribution >= 0.6 is 0 Å². The van der Waals surface area contributed by atoms with Gasteiger partial charge in [0, 0.05) is 6.08 Å². The molecule has 4 nitrogen and oxygen atoms in total. The van der Waals surface area contributed by atoms with Gasteiger partial charge in [-0.05, 0) is 19.8 Å². The molecule has 0 atom stereocenters. The molecule has 0 aromatic rings. The van der Waals surface area contributed by atoms with Crippen molar-refractivity contribution in [2.75, 3.05) is 13.2 Å². The van der Waals surface area contributed by atoms with E-state index in [1.807, 2.05) is 0 Å². The minimum atomic E-state index is -0.240. The van der Waals surface area contributed by atoms with Gasteiger partial charge in [0.2, 0.25) is 6.08 Å². The summed E-state index contributed by atoms with van der Waals surface area (Å²) in [5.74, 6) is -0.240. The third-order valence-electron chi connectivity index (χ3n) is 3.28. The molecule has 4 heteroatoms. The predicted molar refractivity (Wildman–Crippen MR) is 84.9 cm³/mol. The lowest BCUT2D eigenvalue weighted by Gasteiger charge is -2.03. The zero-order chi connectivity index (χ0) is 15.6. The number of esters is 1. The van der Waals surface area contributed by atoms with Crippen molar-refractivity contribution in [1.82, 2.24) is 0 Å². The van der Waals surface area contributed by atoms with E-state index < -0.39 is 0 Å². The molecule has 0 radical (unpaired) electrons. The van der Waals surface area contributed by atoms with Gasteiger partial charge in [-0.2, -0.15) is 0 Å². The van der Waals surface area contributed by atoms with Crippen molar-refractivity contribution in [1.29, 1.82) is 0 Å². The van der Waals surface area contributed by atoms with Crippen LogP contribution in [-0.4, -0.2) is 25.2 Å². The van der Waals surface area contributed by atoms with E-state index in [0.29, 0.717) is 13.2 Å². The van der Waals surface area contributed by atoms with E-state index in [9.17, 15) is 9.59 Å². The van der Waals surface area contributed by atoms with Crippen LogP contribution < -0.4 is 0 Å². The summed E-state index contributed by atoms with van der Waals surface area (Å²) in [4.78, 5) is 24.4. The molecule has 0 saturated carbocycles. The predicted octanol–water partition coefficient (Wildman–Crippen LogP) is 4.34. The van der Waals surface area contributed by atoms with Crippen molar-refractivity contribution in [3.05, 3.63) is 12.2 Å². The maximum atomic E-state index is 11.0. The summed E-state index contributed by atoms with van der Waals surface area (Å²) in [6.07, 6.45) is 16.5. The lowest BCUT2D eigenvalue weighted by Crippen LogP contribution is -2.01. The van der Waals surface area contributed by atoms with Crippen molar-refractivity contribution < 1.29 is 14.3 Å². The fourth-order valence-corrected chi connectivity index (χ4v) is 2.11. The van der Waals surface area contributed by atoms with Gasteiger partial charge < -0.3 is 4.74 Å². The monoisotopic (exact) mass is 295 g/mol. The van der Waals surface area contributed by atoms with E-state index in [4.69, 9.17) is 4.74 Å². The topological polar surface area (TPSA) is 55.7 Å². The SMILES string of the molecule is CC=CC(=O)OCCCCCCCCCCCCN=C=O. The normalized spacial score (nSPS) is 10.5. The highest BCUT2D eigenvalue weighted by Gasteiger charge is 1.96. The fraction of sp³-hybridized carbons (Fsp3) is 0.765. The highest BCUT2D eigenvalue weighted by Crippen LogP contribution is 2.10. The number of hydrogen-bond donors (Lipinski definition) is 0. The maximum absolute atomic E-state index is 11.0. The molecule has 120 valence electrons. The zero-order valence-electron chi connectivity index (χ0n) is 13.3. The molecule has 0 aliphatic rings. The summed E-state index contributed by atoms with van der Waals surface area (Å²) < 4.78 is 5.02. The fourth-order valence-electron chi connectivity index (χ4n) is 2.11. The Morgan fingerprint density at radius 1 is 0.952 bits per heavy atom. The summed E-state index contributed by atoms with van der Waals surface area (Å²) >= 11 is 0. The van der Waals surface area contributed by atoms with Gasteiger partial charge in [0.15, 0.2) is 0 Å². The number of allylic oxidation sites excluding steroid dienone is 1. The number of ether oxygens (including phenoxy) is 1. The van der Waals surface area contributed by atoms with Gasteiger partial charge in [0.25, 0.3) is 0 Å². The molecular weight excluding hydrogens is 266 g/mol. The van der Waals surface area contributed by atoms with E-state index in [2.05, 4.69) is 4.99 Å². The van der Waals surface area contributed by atoms with Gasteiger partial charge in [0.1, 0.15) is 0 Å². The van der Waals surface area contributed by atoms with Crippen LogP contribution in [0.1, 0.15) is 71.1 Å². The first-order valence-electron chi connectivity index (χ1n) is 8.14. The van der Waals surface area contributed by atoms with Crippen LogP contribution in [0.15, 0.2) is 17.1 Å². The smallest absolute Gasteiger partial charge is 0.330 e. The minimum Gasteiger partial charge on any atom is -0.463 e. The van der Waals surface area contributed by atoms with Crippen LogP contribution in [-0.2, 0) is 14.3 Å². The molecule has 0 heterocycles. The standard InChI is InChI=1S/C17H29NO3/c1-2-13-17(20)21-15-12-10-8-6-4-3-5-7-9-11-14-18-16-19/h2,13H,3-12,14-15H2,1H3. The van der Waals surface area contributed by atoms with Crippen molar-refractivity contribution in [3.63, 3.8) is 0 Å². The van der Waals surface area contributed by atoms with E-state index in [1.165, 1.54) is 44.6 Å². The zero-order valence-corrected chi connectivity index (χ0v) is 13.3. The van der Waals surface area contributed by atoms with Gasteiger partial charge in [-0.3, -0.25) is 0 Å². The van der Waals surface area contributed by atoms with Crippen molar-refractivity contribution in [2.45, 2.75) is 71.1 Å². The van der Waals surface area contributed by atoms with Crippen LogP contribution in [0, 0.1) is 0 Å². The lowest BCUT2D eigenvalue weighted by molar-refractivity contribution is -0.137. The quantitative estimate of drug-likeness (QED) is 0.157. The first kappa shape index (κ1) is 19.6. The highest BCUT2D eigenvalue weighted by atomic mass is 16.5. The number of carbonyl (C=O) groups excluding carboxylic acids is 2. The molecule has 0 aromatic carbocycles. The number of unbranched alkanes of at least 4 members (excludes halogenated alkanes) is 9. The summed E-state index contributed by atoms with van der Waals surface area (Å²) in [6, 6.07) is 0. The van der Waals surface area contributed by atoms with Crippen LogP contribution in [0.2, 0.25) is 0 Å². The van der Waals surface area contributed by atoms with E-state index >= 15 is 0 Å². The van der Waals surface area contributed by atoms with Crippen LogP contribution in [0.3, 0.4) is 0 Å². The second-order valence-electron chi connectivity index (χ2n) is 5.18. The van der Waals surface area contributed by atoms with E-state index in [0.717, 1.165) is 25.7 Å². The van der Waals surface area contributed by atoms with Gasteiger partial charge in [-0.1, -0.05) is 57.4 Å². The second kappa shape index (κ2) is 16.6. The minimum absolute atomic E-state index is 0.240. The van der Waals surface area contributed by atoms with Gasteiger partial charge in [0.05, 0.1) is 13.2 Å². The average Bonchev–Trinajstić information content (AvgIpc) is 2.48. The van der Waals surface area contributed by atoms with Crippen LogP contribution in [0.25, 0.3) is 0 Å². The molecular formula is C17H29NO3. The van der Waals surface area contributed by atoms with Crippen molar-refractivity contribution in [2.24, 2.45) is 4.99 Å². The highest BCUT2D eigenvalue weighted by molar-refractivity contribution is 5.81. The Bertz CT molecular complexity index is 320. The Morgan fingerprint density at radius 2 is 1.48 bits per heavy atom. The number of carbonyl (C=O) groups is 1. The number of nitrogens with zero attached hydrogens (tertiary/aromatic N) is 1. The summed E-state index contributed by atoms with van der Waals surface area (Å²) in [6.45, 7) is 2.97. The Labute approximate surface area is 128 Å². The molecule has 21 heavy (non-hydrogen) atoms. The summed E-state index contributed by atoms with van der Waals surface area (Å²) in [5, 5.41) is 0. The largest absolute Gasteiger partial charge is 0.463 e. The molecule has 0 aromatic heterocycles. The first-order chi connectivity index (χ1) is 10.3. The summed E-state index contributed by atoms with van der Waals surface area (Å²) in [7, 11) is 0. The average molecular weight is 295 g/mol. The molecule has 0 amide bonds. The molecule has 0 unspecified atom stereocenters. The number of isocyanates is 1. The maximum Gasteiger partial charge on any atom is 0.330 e. The number of hydrogen-bond acceptors (Lipinski definition) is 4. The van der Waals surface area contributed by atoms with Gasteiger partial charge in [-0.25, -0.2) is 14.6 Å². The van der Waals surface area contributed by atoms with Crippen LogP contribution in [0.5, 0.6) is 0 Å². The molecule has 0 saturated heterocycles. The van der Waals surface area contributed by atoms with Gasteiger partial charge in [-0.15, -0.1) is 0 Å². The molecule has 0 rings (SSSR count). The molecule has 0 aliphatic carbocycles. The lowest BCUT2D eigenvalue weighted by atomic mass is 10.1. The van der Waals surface area contributed by atoms with Crippen molar-refractivity contribution in [3.8, 4) is 0 Å². The van der Waals surface area contributed by atoms with Gasteiger partial charge >= 0.3 is 5.97 Å². The summed E-state index contributed by atoms with van der Waals surface area (Å²) in [5.41, 5.74) is 0. The Morgan fingerprint density at radius 3 is 2.00 bits per heavy atom. The molecule has 0 spiro atoms. The number of rotatable bonds is 14. The van der Waals surface area contributed by atoms with E-state index in [1.54, 1.807) is 19.1 Å². The van der Waals surface area contributed by atoms with Crippen molar-refractivity contribution >= 4 is 12.0 Å².